The van der Waals surface area contributed by atoms with Gasteiger partial charge in [-0.1, -0.05) is 6.92 Å². The van der Waals surface area contributed by atoms with Crippen molar-refractivity contribution in [2.45, 2.75) is 45.9 Å². The van der Waals surface area contributed by atoms with E-state index in [1.165, 1.54) is 0 Å². The lowest BCUT2D eigenvalue weighted by molar-refractivity contribution is 0.0592. The molecule has 0 fully saturated rings. The van der Waals surface area contributed by atoms with Crippen molar-refractivity contribution in [2.75, 3.05) is 6.61 Å². The van der Waals surface area contributed by atoms with E-state index in [1.807, 2.05) is 18.5 Å². The summed E-state index contributed by atoms with van der Waals surface area (Å²) in [7, 11) is 0. The Kier molecular flexibility index (Phi) is 6.11. The highest BCUT2D eigenvalue weighted by molar-refractivity contribution is 9.10. The molecule has 3 N–H and O–H groups in total. The van der Waals surface area contributed by atoms with E-state index in [0.29, 0.717) is 6.61 Å². The van der Waals surface area contributed by atoms with Crippen molar-refractivity contribution in [1.29, 1.82) is 0 Å². The third-order valence-electron chi connectivity index (χ3n) is 2.40. The Bertz CT molecular complexity index is 340. The molecule has 0 amide bonds. The summed E-state index contributed by atoms with van der Waals surface area (Å²) in [6, 6.07) is -0.0548. The van der Waals surface area contributed by atoms with Crippen LogP contribution in [-0.2, 0) is 11.3 Å². The topological polar surface area (TPSA) is 65.1 Å². The zero-order valence-electron chi connectivity index (χ0n) is 10.6. The van der Waals surface area contributed by atoms with Crippen LogP contribution in [-0.4, -0.2) is 22.5 Å². The first kappa shape index (κ1) is 14.6. The van der Waals surface area contributed by atoms with Gasteiger partial charge >= 0.3 is 0 Å². The predicted octanol–water partition coefficient (Wildman–Crippen LogP) is 1.98. The highest BCUT2D eigenvalue weighted by Gasteiger charge is 2.19. The van der Waals surface area contributed by atoms with Crippen LogP contribution in [0.1, 0.15) is 38.9 Å². The van der Waals surface area contributed by atoms with E-state index in [1.54, 1.807) is 6.20 Å². The number of hydrogen-bond donors (Lipinski definition) is 2. The van der Waals surface area contributed by atoms with Crippen LogP contribution in [0.3, 0.4) is 0 Å². The van der Waals surface area contributed by atoms with E-state index in [4.69, 9.17) is 10.6 Å². The van der Waals surface area contributed by atoms with Crippen LogP contribution < -0.4 is 11.3 Å². The number of nitrogens with one attached hydrogen (secondary N) is 1. The normalized spacial score (nSPS) is 13.3. The minimum atomic E-state index is -0.0548. The van der Waals surface area contributed by atoms with Crippen LogP contribution >= 0.6 is 15.9 Å². The zero-order valence-corrected chi connectivity index (χ0v) is 12.2. The van der Waals surface area contributed by atoms with E-state index in [9.17, 15) is 0 Å². The summed E-state index contributed by atoms with van der Waals surface area (Å²) in [6.45, 7) is 7.54. The molecular weight excluding hydrogens is 284 g/mol. The number of aryl methyl sites for hydroxylation is 1. The minimum absolute atomic E-state index is 0.0548. The van der Waals surface area contributed by atoms with Crippen molar-refractivity contribution < 1.29 is 4.74 Å². The van der Waals surface area contributed by atoms with Crippen LogP contribution in [0.15, 0.2) is 10.7 Å². The number of nitrogens with two attached hydrogens (primary N) is 1. The van der Waals surface area contributed by atoms with E-state index < -0.39 is 0 Å². The fraction of sp³-hybridized carbons (Fsp3) is 0.727. The van der Waals surface area contributed by atoms with Crippen molar-refractivity contribution >= 4 is 15.9 Å². The molecule has 1 heterocycles. The summed E-state index contributed by atoms with van der Waals surface area (Å²) >= 11 is 3.50. The number of ether oxygens (including phenoxy) is 1. The van der Waals surface area contributed by atoms with Gasteiger partial charge in [0.05, 0.1) is 35.1 Å². The minimum Gasteiger partial charge on any atom is -0.377 e. The van der Waals surface area contributed by atoms with Crippen LogP contribution in [0.4, 0.5) is 0 Å². The summed E-state index contributed by atoms with van der Waals surface area (Å²) in [6.07, 6.45) is 3.01. The molecule has 0 saturated heterocycles. The molecule has 0 radical (unpaired) electrons. The molecule has 0 aromatic carbocycles. The second kappa shape index (κ2) is 7.10. The van der Waals surface area contributed by atoms with Crippen LogP contribution in [0.2, 0.25) is 0 Å². The molecule has 17 heavy (non-hydrogen) atoms. The van der Waals surface area contributed by atoms with Gasteiger partial charge in [0.1, 0.15) is 0 Å². The summed E-state index contributed by atoms with van der Waals surface area (Å²) < 4.78 is 8.52. The molecule has 0 bridgehead atoms. The summed E-state index contributed by atoms with van der Waals surface area (Å²) in [5.74, 6) is 5.59. The summed E-state index contributed by atoms with van der Waals surface area (Å²) in [5, 5.41) is 4.32. The fourth-order valence-corrected chi connectivity index (χ4v) is 2.18. The molecule has 1 unspecified atom stereocenters. The van der Waals surface area contributed by atoms with Gasteiger partial charge in [0, 0.05) is 6.54 Å². The molecule has 1 aromatic rings. The smallest absolute Gasteiger partial charge is 0.0873 e. The van der Waals surface area contributed by atoms with Crippen molar-refractivity contribution in [3.05, 3.63) is 16.4 Å². The SMILES string of the molecule is CCCn1ncc(Br)c1C(COC(C)C)NN. The number of aromatic nitrogens is 2. The van der Waals surface area contributed by atoms with Crippen LogP contribution in [0.25, 0.3) is 0 Å². The first-order chi connectivity index (χ1) is 8.10. The molecule has 1 rings (SSSR count). The van der Waals surface area contributed by atoms with Crippen molar-refractivity contribution in [3.8, 4) is 0 Å². The van der Waals surface area contributed by atoms with E-state index >= 15 is 0 Å². The van der Waals surface area contributed by atoms with Crippen molar-refractivity contribution in [3.63, 3.8) is 0 Å². The largest absolute Gasteiger partial charge is 0.377 e. The van der Waals surface area contributed by atoms with Gasteiger partial charge in [0.15, 0.2) is 0 Å². The Morgan fingerprint density at radius 3 is 2.82 bits per heavy atom. The van der Waals surface area contributed by atoms with Gasteiger partial charge in [0.25, 0.3) is 0 Å². The lowest BCUT2D eigenvalue weighted by atomic mass is 10.2. The second-order valence-corrected chi connectivity index (χ2v) is 5.06. The highest BCUT2D eigenvalue weighted by atomic mass is 79.9. The second-order valence-electron chi connectivity index (χ2n) is 4.20. The Morgan fingerprint density at radius 1 is 1.59 bits per heavy atom. The summed E-state index contributed by atoms with van der Waals surface area (Å²) in [5.41, 5.74) is 3.82. The van der Waals surface area contributed by atoms with E-state index in [-0.39, 0.29) is 12.1 Å². The van der Waals surface area contributed by atoms with E-state index in [0.717, 1.165) is 23.1 Å². The molecule has 1 aromatic heterocycles. The van der Waals surface area contributed by atoms with Crippen LogP contribution in [0.5, 0.6) is 0 Å². The van der Waals surface area contributed by atoms with E-state index in [2.05, 4.69) is 33.4 Å². The molecular formula is C11H21BrN4O. The Hall–Kier alpha value is -0.430. The number of hydrazine groups is 1. The lowest BCUT2D eigenvalue weighted by Gasteiger charge is -2.19. The fourth-order valence-electron chi connectivity index (χ4n) is 1.60. The standard InChI is InChI=1S/C11H21BrN4O/c1-4-5-16-11(9(12)6-14-16)10(15-13)7-17-8(2)3/h6,8,10,15H,4-5,7,13H2,1-3H3. The molecule has 0 saturated carbocycles. The highest BCUT2D eigenvalue weighted by Crippen LogP contribution is 2.23. The average molecular weight is 305 g/mol. The van der Waals surface area contributed by atoms with Gasteiger partial charge in [-0.2, -0.15) is 5.10 Å². The monoisotopic (exact) mass is 304 g/mol. The zero-order chi connectivity index (χ0) is 12.8. The van der Waals surface area contributed by atoms with Crippen LogP contribution in [0, 0.1) is 0 Å². The number of halogens is 1. The third kappa shape index (κ3) is 4.06. The molecule has 0 spiro atoms. The van der Waals surface area contributed by atoms with Crippen molar-refractivity contribution in [2.24, 2.45) is 5.84 Å². The maximum absolute atomic E-state index is 5.60. The van der Waals surface area contributed by atoms with Gasteiger partial charge in [0.2, 0.25) is 0 Å². The van der Waals surface area contributed by atoms with Gasteiger partial charge in [-0.3, -0.25) is 10.5 Å². The predicted molar refractivity (Wildman–Crippen MR) is 71.4 cm³/mol. The number of nitrogens with zero attached hydrogens (tertiary/aromatic N) is 2. The number of hydrogen-bond acceptors (Lipinski definition) is 4. The van der Waals surface area contributed by atoms with Gasteiger partial charge in [-0.25, -0.2) is 5.43 Å². The van der Waals surface area contributed by atoms with Crippen molar-refractivity contribution in [1.82, 2.24) is 15.2 Å². The van der Waals surface area contributed by atoms with Gasteiger partial charge in [-0.15, -0.1) is 0 Å². The van der Waals surface area contributed by atoms with Gasteiger partial charge in [-0.05, 0) is 36.2 Å². The van der Waals surface area contributed by atoms with Gasteiger partial charge < -0.3 is 4.74 Å². The third-order valence-corrected chi connectivity index (χ3v) is 3.01. The lowest BCUT2D eigenvalue weighted by Crippen LogP contribution is -2.34. The number of rotatable bonds is 7. The molecule has 0 aliphatic heterocycles. The maximum Gasteiger partial charge on any atom is 0.0873 e. The maximum atomic E-state index is 5.60. The Morgan fingerprint density at radius 2 is 2.29 bits per heavy atom. The molecule has 98 valence electrons. The first-order valence-electron chi connectivity index (χ1n) is 5.89. The first-order valence-corrected chi connectivity index (χ1v) is 6.68. The average Bonchev–Trinajstić information content (AvgIpc) is 2.63. The Labute approximate surface area is 111 Å². The Balaban J connectivity index is 2.82. The molecule has 1 atom stereocenters. The molecule has 6 heteroatoms. The molecule has 0 aliphatic rings. The molecule has 5 nitrogen and oxygen atoms in total. The summed E-state index contributed by atoms with van der Waals surface area (Å²) in [4.78, 5) is 0. The quantitative estimate of drug-likeness (QED) is 0.597. The molecule has 0 aliphatic carbocycles.